The average molecular weight is 345 g/mol. The monoisotopic (exact) mass is 345 g/mol. The molecule has 4 nitrogen and oxygen atoms in total. The molecule has 122 valence electrons. The number of aromatic nitrogens is 1. The van der Waals surface area contributed by atoms with E-state index in [-0.39, 0.29) is 24.3 Å². The molecule has 2 atom stereocenters. The van der Waals surface area contributed by atoms with Gasteiger partial charge in [-0.15, -0.1) is 11.3 Å². The first-order chi connectivity index (χ1) is 12.3. The molecule has 0 bridgehead atoms. The van der Waals surface area contributed by atoms with Crippen LogP contribution in [0.4, 0.5) is 5.69 Å². The lowest BCUT2D eigenvalue weighted by atomic mass is 9.79. The second-order valence-corrected chi connectivity index (χ2v) is 7.16. The Labute approximate surface area is 149 Å². The number of nitrogens with one attached hydrogen (secondary N) is 1. The quantitative estimate of drug-likeness (QED) is 0.761. The summed E-state index contributed by atoms with van der Waals surface area (Å²) in [5.74, 6) is 0.0857. The highest BCUT2D eigenvalue weighted by molar-refractivity contribution is 7.09. The van der Waals surface area contributed by atoms with Gasteiger partial charge in [-0.2, -0.15) is 0 Å². The Morgan fingerprint density at radius 1 is 1.08 bits per heavy atom. The van der Waals surface area contributed by atoms with E-state index in [0.717, 1.165) is 27.5 Å². The number of benzene rings is 2. The van der Waals surface area contributed by atoms with Gasteiger partial charge < -0.3 is 5.32 Å². The van der Waals surface area contributed by atoms with E-state index in [1.54, 1.807) is 11.3 Å². The summed E-state index contributed by atoms with van der Waals surface area (Å²) < 4.78 is 0. The fraction of sp³-hybridized carbons (Fsp3) is 0.150. The van der Waals surface area contributed by atoms with Crippen molar-refractivity contribution in [3.63, 3.8) is 0 Å². The third-order valence-electron chi connectivity index (χ3n) is 4.83. The number of hydrogen-bond acceptors (Lipinski definition) is 5. The van der Waals surface area contributed by atoms with Gasteiger partial charge in [0.05, 0.1) is 17.7 Å². The van der Waals surface area contributed by atoms with Crippen molar-refractivity contribution in [3.8, 4) is 0 Å². The minimum absolute atomic E-state index is 0.00384. The number of anilines is 1. The zero-order chi connectivity index (χ0) is 16.8. The third-order valence-corrected chi connectivity index (χ3v) is 5.69. The second-order valence-electron chi connectivity index (χ2n) is 6.23. The zero-order valence-electron chi connectivity index (χ0n) is 13.3. The number of ketones is 1. The smallest absolute Gasteiger partial charge is 0.184 e. The maximum absolute atomic E-state index is 12.3. The largest absolute Gasteiger partial charge is 0.377 e. The van der Waals surface area contributed by atoms with Crippen LogP contribution < -0.4 is 5.32 Å². The van der Waals surface area contributed by atoms with Gasteiger partial charge in [0, 0.05) is 28.4 Å². The van der Waals surface area contributed by atoms with Crippen LogP contribution in [0.25, 0.3) is 0 Å². The van der Waals surface area contributed by atoms with Crippen LogP contribution in [0.15, 0.2) is 65.1 Å². The average Bonchev–Trinajstić information content (AvgIpc) is 3.19. The summed E-state index contributed by atoms with van der Waals surface area (Å²) in [6, 6.07) is 16.3. The lowest BCUT2D eigenvalue weighted by Gasteiger charge is -2.37. The maximum atomic E-state index is 12.3. The number of aliphatic imine (C=N–C) groups is 1. The first-order valence-corrected chi connectivity index (χ1v) is 9.12. The number of thiazole rings is 1. The molecule has 1 aromatic heterocycles. The van der Waals surface area contributed by atoms with E-state index in [1.165, 1.54) is 5.56 Å². The molecule has 25 heavy (non-hydrogen) atoms. The summed E-state index contributed by atoms with van der Waals surface area (Å²) in [6.45, 7) is 0.217. The lowest BCUT2D eigenvalue weighted by Crippen LogP contribution is -2.36. The summed E-state index contributed by atoms with van der Waals surface area (Å²) >= 11 is 1.64. The molecule has 5 heteroatoms. The Morgan fingerprint density at radius 2 is 1.96 bits per heavy atom. The molecule has 3 aromatic rings. The number of carbonyl (C=O) groups excluding carboxylic acids is 1. The van der Waals surface area contributed by atoms with Gasteiger partial charge in [-0.05, 0) is 11.6 Å². The van der Waals surface area contributed by atoms with E-state index in [4.69, 9.17) is 0 Å². The normalized spacial score (nSPS) is 21.3. The summed E-state index contributed by atoms with van der Waals surface area (Å²) in [4.78, 5) is 21.6. The van der Waals surface area contributed by atoms with Crippen LogP contribution in [-0.2, 0) is 0 Å². The van der Waals surface area contributed by atoms with Gasteiger partial charge in [-0.3, -0.25) is 9.79 Å². The minimum atomic E-state index is 0.00384. The fourth-order valence-corrected chi connectivity index (χ4v) is 4.53. The van der Waals surface area contributed by atoms with Gasteiger partial charge in [0.25, 0.3) is 0 Å². The van der Waals surface area contributed by atoms with Crippen LogP contribution >= 0.6 is 11.3 Å². The molecule has 0 fully saturated rings. The van der Waals surface area contributed by atoms with E-state index in [1.807, 2.05) is 48.0 Å². The predicted molar refractivity (Wildman–Crippen MR) is 99.8 cm³/mol. The number of nitrogens with zero attached hydrogens (tertiary/aromatic N) is 2. The van der Waals surface area contributed by atoms with E-state index in [9.17, 15) is 4.79 Å². The molecule has 3 heterocycles. The second kappa shape index (κ2) is 5.63. The molecular weight excluding hydrogens is 330 g/mol. The number of hydrogen-bond donors (Lipinski definition) is 1. The number of carbonyl (C=O) groups is 1. The molecule has 0 spiro atoms. The van der Waals surface area contributed by atoms with Crippen LogP contribution in [-0.4, -0.2) is 23.0 Å². The topological polar surface area (TPSA) is 54.4 Å². The summed E-state index contributed by atoms with van der Waals surface area (Å²) in [5.41, 5.74) is 4.87. The number of Topliss-reactive ketones (excluding diaryl/α,β-unsaturated/α-hetero) is 1. The van der Waals surface area contributed by atoms with Crippen molar-refractivity contribution >= 4 is 28.5 Å². The first kappa shape index (κ1) is 14.5. The van der Waals surface area contributed by atoms with E-state index in [0.29, 0.717) is 0 Å². The van der Waals surface area contributed by atoms with E-state index >= 15 is 0 Å². The minimum Gasteiger partial charge on any atom is -0.377 e. The van der Waals surface area contributed by atoms with E-state index < -0.39 is 0 Å². The van der Waals surface area contributed by atoms with E-state index in [2.05, 4.69) is 27.4 Å². The highest BCUT2D eigenvalue weighted by Crippen LogP contribution is 2.45. The van der Waals surface area contributed by atoms with Crippen LogP contribution in [0.5, 0.6) is 0 Å². The van der Waals surface area contributed by atoms with Crippen molar-refractivity contribution in [1.29, 1.82) is 0 Å². The molecule has 0 aliphatic carbocycles. The predicted octanol–water partition coefficient (Wildman–Crippen LogP) is 4.08. The Bertz CT molecular complexity index is 979. The molecule has 0 amide bonds. The first-order valence-electron chi connectivity index (χ1n) is 8.25. The highest BCUT2D eigenvalue weighted by Gasteiger charge is 2.40. The van der Waals surface area contributed by atoms with Gasteiger partial charge in [0.15, 0.2) is 5.78 Å². The van der Waals surface area contributed by atoms with Crippen molar-refractivity contribution in [3.05, 3.63) is 81.8 Å². The van der Waals surface area contributed by atoms with Crippen LogP contribution in [0.3, 0.4) is 0 Å². The summed E-state index contributed by atoms with van der Waals surface area (Å²) in [7, 11) is 0. The van der Waals surface area contributed by atoms with Crippen molar-refractivity contribution in [2.75, 3.05) is 11.9 Å². The lowest BCUT2D eigenvalue weighted by molar-refractivity contribution is 0.1000. The summed E-state index contributed by atoms with van der Waals surface area (Å²) in [5, 5.41) is 6.66. The van der Waals surface area contributed by atoms with Crippen LogP contribution in [0, 0.1) is 0 Å². The Balaban J connectivity index is 1.75. The molecular formula is C20H15N3OS. The van der Waals surface area contributed by atoms with Crippen molar-refractivity contribution < 1.29 is 4.79 Å². The number of rotatable bonds is 2. The van der Waals surface area contributed by atoms with Gasteiger partial charge in [-0.1, -0.05) is 42.5 Å². The third kappa shape index (κ3) is 2.23. The van der Waals surface area contributed by atoms with Crippen LogP contribution in [0.1, 0.15) is 38.5 Å². The molecule has 2 aromatic carbocycles. The molecule has 2 aliphatic heterocycles. The SMILES string of the molecule is O=C1CN=C2c3c(cccc31)NC(c1ccccc1)C2c1nccs1. The van der Waals surface area contributed by atoms with Crippen molar-refractivity contribution in [1.82, 2.24) is 4.98 Å². The standard InChI is InChI=1S/C20H15N3OS/c24-15-11-22-19-16-13(15)7-4-8-14(16)23-18(12-5-2-1-3-6-12)17(19)20-21-9-10-25-20/h1-10,17-18,23H,11H2. The fourth-order valence-electron chi connectivity index (χ4n) is 3.75. The van der Waals surface area contributed by atoms with Gasteiger partial charge in [0.1, 0.15) is 11.6 Å². The van der Waals surface area contributed by atoms with Crippen molar-refractivity contribution in [2.24, 2.45) is 4.99 Å². The van der Waals surface area contributed by atoms with Crippen LogP contribution in [0.2, 0.25) is 0 Å². The Kier molecular flexibility index (Phi) is 3.28. The zero-order valence-corrected chi connectivity index (χ0v) is 14.2. The highest BCUT2D eigenvalue weighted by atomic mass is 32.1. The molecule has 0 saturated heterocycles. The molecule has 0 radical (unpaired) electrons. The van der Waals surface area contributed by atoms with Gasteiger partial charge >= 0.3 is 0 Å². The molecule has 2 aliphatic rings. The van der Waals surface area contributed by atoms with Crippen molar-refractivity contribution in [2.45, 2.75) is 12.0 Å². The van der Waals surface area contributed by atoms with Gasteiger partial charge in [-0.25, -0.2) is 4.98 Å². The Morgan fingerprint density at radius 3 is 2.76 bits per heavy atom. The molecule has 0 saturated carbocycles. The summed E-state index contributed by atoms with van der Waals surface area (Å²) in [6.07, 6.45) is 1.83. The Hall–Kier alpha value is -2.79. The molecule has 1 N–H and O–H groups in total. The molecule has 5 rings (SSSR count). The molecule has 2 unspecified atom stereocenters. The van der Waals surface area contributed by atoms with Gasteiger partial charge in [0.2, 0.25) is 0 Å². The maximum Gasteiger partial charge on any atom is 0.184 e.